The first kappa shape index (κ1) is 14.2. The quantitative estimate of drug-likeness (QED) is 0.926. The van der Waals surface area contributed by atoms with E-state index in [0.717, 1.165) is 12.8 Å². The molecule has 2 fully saturated rings. The average Bonchev–Trinajstić information content (AvgIpc) is 3.01. The van der Waals surface area contributed by atoms with Gasteiger partial charge in [-0.1, -0.05) is 13.8 Å². The summed E-state index contributed by atoms with van der Waals surface area (Å²) in [5, 5.41) is 9.57. The highest BCUT2D eigenvalue weighted by atomic mass is 16.4. The lowest BCUT2D eigenvalue weighted by atomic mass is 9.76. The van der Waals surface area contributed by atoms with E-state index in [1.54, 1.807) is 4.90 Å². The smallest absolute Gasteiger partial charge is 0.311 e. The zero-order valence-electron chi connectivity index (χ0n) is 12.6. The Labute approximate surface area is 124 Å². The molecule has 21 heavy (non-hydrogen) atoms. The van der Waals surface area contributed by atoms with E-state index >= 15 is 0 Å². The van der Waals surface area contributed by atoms with E-state index in [4.69, 9.17) is 0 Å². The van der Waals surface area contributed by atoms with Crippen LogP contribution >= 0.6 is 0 Å². The Kier molecular flexibility index (Phi) is 3.30. The van der Waals surface area contributed by atoms with Crippen LogP contribution in [0.15, 0.2) is 18.3 Å². The van der Waals surface area contributed by atoms with Crippen LogP contribution in [0.25, 0.3) is 0 Å². The SMILES string of the molecule is CC(C)C1(C(=O)O)CCN(C(=O)c2cccn2C2CC2)C1. The first-order valence-electron chi connectivity index (χ1n) is 7.65. The van der Waals surface area contributed by atoms with Crippen molar-refractivity contribution in [3.05, 3.63) is 24.0 Å². The lowest BCUT2D eigenvalue weighted by molar-refractivity contribution is -0.150. The largest absolute Gasteiger partial charge is 0.481 e. The Balaban J connectivity index is 1.80. The van der Waals surface area contributed by atoms with Gasteiger partial charge in [0.25, 0.3) is 5.91 Å². The molecule has 5 nitrogen and oxygen atoms in total. The van der Waals surface area contributed by atoms with Gasteiger partial charge in [0.1, 0.15) is 5.69 Å². The molecular weight excluding hydrogens is 268 g/mol. The summed E-state index contributed by atoms with van der Waals surface area (Å²) in [4.78, 5) is 26.1. The van der Waals surface area contributed by atoms with Crippen LogP contribution in [-0.4, -0.2) is 39.5 Å². The average molecular weight is 290 g/mol. The van der Waals surface area contributed by atoms with Crippen LogP contribution in [0.5, 0.6) is 0 Å². The maximum absolute atomic E-state index is 12.7. The van der Waals surface area contributed by atoms with E-state index < -0.39 is 11.4 Å². The molecular formula is C16H22N2O3. The second-order valence-corrected chi connectivity index (χ2v) is 6.62. The van der Waals surface area contributed by atoms with E-state index in [0.29, 0.717) is 31.2 Å². The summed E-state index contributed by atoms with van der Waals surface area (Å²) in [6.07, 6.45) is 4.74. The van der Waals surface area contributed by atoms with Gasteiger partial charge in [-0.05, 0) is 37.3 Å². The number of carboxylic acids is 1. The number of hydrogen-bond donors (Lipinski definition) is 1. The number of hydrogen-bond acceptors (Lipinski definition) is 2. The van der Waals surface area contributed by atoms with E-state index in [1.807, 2.05) is 36.7 Å². The van der Waals surface area contributed by atoms with Gasteiger partial charge in [0.15, 0.2) is 0 Å². The molecule has 114 valence electrons. The third-order valence-electron chi connectivity index (χ3n) is 5.06. The molecule has 1 saturated carbocycles. The van der Waals surface area contributed by atoms with Crippen LogP contribution in [0.4, 0.5) is 0 Å². The summed E-state index contributed by atoms with van der Waals surface area (Å²) in [6, 6.07) is 4.20. The molecule has 1 unspecified atom stereocenters. The fraction of sp³-hybridized carbons (Fsp3) is 0.625. The predicted molar refractivity (Wildman–Crippen MR) is 78.1 cm³/mol. The van der Waals surface area contributed by atoms with Crippen LogP contribution < -0.4 is 0 Å². The minimum absolute atomic E-state index is 0.0167. The number of amides is 1. The van der Waals surface area contributed by atoms with Crippen molar-refractivity contribution in [1.82, 2.24) is 9.47 Å². The van der Waals surface area contributed by atoms with Crippen molar-refractivity contribution < 1.29 is 14.7 Å². The minimum atomic E-state index is -0.799. The maximum atomic E-state index is 12.7. The van der Waals surface area contributed by atoms with Crippen LogP contribution in [0, 0.1) is 11.3 Å². The molecule has 1 saturated heterocycles. The van der Waals surface area contributed by atoms with E-state index in [1.165, 1.54) is 0 Å². The van der Waals surface area contributed by atoms with Crippen molar-refractivity contribution in [2.45, 2.75) is 39.2 Å². The Bertz CT molecular complexity index is 574. The van der Waals surface area contributed by atoms with E-state index in [9.17, 15) is 14.7 Å². The molecule has 1 aliphatic carbocycles. The van der Waals surface area contributed by atoms with Gasteiger partial charge in [-0.2, -0.15) is 0 Å². The third kappa shape index (κ3) is 2.24. The monoisotopic (exact) mass is 290 g/mol. The molecule has 2 heterocycles. The van der Waals surface area contributed by atoms with E-state index in [-0.39, 0.29) is 11.8 Å². The standard InChI is InChI=1S/C16H22N2O3/c1-11(2)16(15(20)21)7-9-17(10-16)14(19)13-4-3-8-18(13)12-5-6-12/h3-4,8,11-12H,5-7,9-10H2,1-2H3,(H,20,21). The minimum Gasteiger partial charge on any atom is -0.481 e. The van der Waals surface area contributed by atoms with Crippen LogP contribution in [0.3, 0.4) is 0 Å². The fourth-order valence-corrected chi connectivity index (χ4v) is 3.31. The molecule has 1 atom stereocenters. The molecule has 0 spiro atoms. The summed E-state index contributed by atoms with van der Waals surface area (Å²) >= 11 is 0. The summed E-state index contributed by atoms with van der Waals surface area (Å²) in [5.74, 6) is -0.802. The molecule has 5 heteroatoms. The second-order valence-electron chi connectivity index (χ2n) is 6.62. The molecule has 3 rings (SSSR count). The predicted octanol–water partition coefficient (Wildman–Crippen LogP) is 2.40. The lowest BCUT2D eigenvalue weighted by Crippen LogP contribution is -2.41. The van der Waals surface area contributed by atoms with Crippen molar-refractivity contribution in [2.75, 3.05) is 13.1 Å². The van der Waals surface area contributed by atoms with Gasteiger partial charge in [0, 0.05) is 25.3 Å². The van der Waals surface area contributed by atoms with E-state index in [2.05, 4.69) is 0 Å². The lowest BCUT2D eigenvalue weighted by Gasteiger charge is -2.28. The highest BCUT2D eigenvalue weighted by Gasteiger charge is 2.48. The number of likely N-dealkylation sites (tertiary alicyclic amines) is 1. The molecule has 0 aromatic carbocycles. The summed E-state index contributed by atoms with van der Waals surface area (Å²) in [6.45, 7) is 4.69. The van der Waals surface area contributed by atoms with Crippen LogP contribution in [-0.2, 0) is 4.79 Å². The van der Waals surface area contributed by atoms with Gasteiger partial charge < -0.3 is 14.6 Å². The Morgan fingerprint density at radius 2 is 2.10 bits per heavy atom. The number of nitrogens with zero attached hydrogens (tertiary/aromatic N) is 2. The first-order valence-corrected chi connectivity index (χ1v) is 7.65. The van der Waals surface area contributed by atoms with Gasteiger partial charge >= 0.3 is 5.97 Å². The number of carboxylic acid groups (broad SMARTS) is 1. The number of carbonyl (C=O) groups is 2. The Morgan fingerprint density at radius 1 is 1.38 bits per heavy atom. The molecule has 0 bridgehead atoms. The number of aromatic nitrogens is 1. The Hall–Kier alpha value is -1.78. The first-order chi connectivity index (χ1) is 9.95. The summed E-state index contributed by atoms with van der Waals surface area (Å²) in [7, 11) is 0. The normalized spacial score (nSPS) is 25.6. The highest BCUT2D eigenvalue weighted by Crippen LogP contribution is 2.40. The zero-order chi connectivity index (χ0) is 15.2. The summed E-state index contributed by atoms with van der Waals surface area (Å²) in [5.41, 5.74) is -0.102. The zero-order valence-corrected chi connectivity index (χ0v) is 12.6. The second kappa shape index (κ2) is 4.90. The number of rotatable bonds is 4. The van der Waals surface area contributed by atoms with Gasteiger partial charge in [-0.3, -0.25) is 9.59 Å². The Morgan fingerprint density at radius 3 is 2.62 bits per heavy atom. The molecule has 1 aromatic rings. The summed E-state index contributed by atoms with van der Waals surface area (Å²) < 4.78 is 2.04. The molecule has 1 amide bonds. The van der Waals surface area contributed by atoms with Gasteiger partial charge in [-0.15, -0.1) is 0 Å². The van der Waals surface area contributed by atoms with Crippen molar-refractivity contribution in [2.24, 2.45) is 11.3 Å². The number of aliphatic carboxylic acids is 1. The fourth-order valence-electron chi connectivity index (χ4n) is 3.31. The maximum Gasteiger partial charge on any atom is 0.311 e. The number of carbonyl (C=O) groups excluding carboxylic acids is 1. The topological polar surface area (TPSA) is 62.5 Å². The molecule has 1 N–H and O–H groups in total. The molecule has 1 aromatic heterocycles. The van der Waals surface area contributed by atoms with Crippen LogP contribution in [0.2, 0.25) is 0 Å². The van der Waals surface area contributed by atoms with Crippen molar-refractivity contribution in [3.8, 4) is 0 Å². The molecule has 0 radical (unpaired) electrons. The van der Waals surface area contributed by atoms with Gasteiger partial charge in [-0.25, -0.2) is 0 Å². The van der Waals surface area contributed by atoms with Crippen LogP contribution in [0.1, 0.15) is 49.6 Å². The van der Waals surface area contributed by atoms with Crippen molar-refractivity contribution >= 4 is 11.9 Å². The van der Waals surface area contributed by atoms with Crippen molar-refractivity contribution in [3.63, 3.8) is 0 Å². The highest BCUT2D eigenvalue weighted by molar-refractivity contribution is 5.93. The van der Waals surface area contributed by atoms with Crippen molar-refractivity contribution in [1.29, 1.82) is 0 Å². The molecule has 2 aliphatic rings. The van der Waals surface area contributed by atoms with Gasteiger partial charge in [0.2, 0.25) is 0 Å². The third-order valence-corrected chi connectivity index (χ3v) is 5.06. The molecule has 1 aliphatic heterocycles. The van der Waals surface area contributed by atoms with Gasteiger partial charge in [0.05, 0.1) is 5.41 Å².